The lowest BCUT2D eigenvalue weighted by Gasteiger charge is -2.08. The first kappa shape index (κ1) is 24.2. The molecular weight excluding hydrogens is 393 g/mol. The highest BCUT2D eigenvalue weighted by molar-refractivity contribution is 5.69. The van der Waals surface area contributed by atoms with Crippen molar-refractivity contribution in [2.45, 2.75) is 84.5 Å². The summed E-state index contributed by atoms with van der Waals surface area (Å²) in [5.41, 5.74) is 6.19. The molecule has 2 aromatic carbocycles. The zero-order chi connectivity index (χ0) is 22.6. The van der Waals surface area contributed by atoms with Crippen LogP contribution in [0.2, 0.25) is 0 Å². The van der Waals surface area contributed by atoms with Crippen LogP contribution in [-0.4, -0.2) is 4.98 Å². The van der Waals surface area contributed by atoms with Gasteiger partial charge in [-0.1, -0.05) is 113 Å². The Bertz CT molecular complexity index is 928. The van der Waals surface area contributed by atoms with E-state index >= 15 is 0 Å². The van der Waals surface area contributed by atoms with E-state index in [2.05, 4.69) is 55.2 Å². The van der Waals surface area contributed by atoms with Gasteiger partial charge in [-0.15, -0.1) is 0 Å². The van der Waals surface area contributed by atoms with Crippen molar-refractivity contribution in [1.29, 1.82) is 0 Å². The fourth-order valence-corrected chi connectivity index (χ4v) is 4.18. The Labute approximate surface area is 194 Å². The second-order valence-electron chi connectivity index (χ2n) is 8.90. The van der Waals surface area contributed by atoms with Crippen molar-refractivity contribution in [3.05, 3.63) is 77.7 Å². The van der Waals surface area contributed by atoms with Gasteiger partial charge in [-0.25, -0.2) is 4.98 Å². The number of unbranched alkanes of at least 4 members (excludes halogenated alkanes) is 7. The fourth-order valence-electron chi connectivity index (χ4n) is 4.18. The van der Waals surface area contributed by atoms with E-state index in [1.807, 2.05) is 24.3 Å². The number of hydrogen-bond donors (Lipinski definition) is 0. The fraction of sp³-hybridized carbons (Fsp3) is 0.433. The molecule has 0 bridgehead atoms. The average molecular weight is 432 g/mol. The summed E-state index contributed by atoms with van der Waals surface area (Å²) in [6.07, 6.45) is 13.1. The van der Waals surface area contributed by atoms with Crippen molar-refractivity contribution >= 4 is 0 Å². The minimum atomic E-state index is -0.326. The molecule has 0 saturated carbocycles. The van der Waals surface area contributed by atoms with Crippen LogP contribution in [0, 0.1) is 5.95 Å². The first-order valence-corrected chi connectivity index (χ1v) is 12.6. The Morgan fingerprint density at radius 1 is 0.562 bits per heavy atom. The molecule has 0 unspecified atom stereocenters. The smallest absolute Gasteiger partial charge is 0.216 e. The van der Waals surface area contributed by atoms with E-state index in [1.54, 1.807) is 0 Å². The highest BCUT2D eigenvalue weighted by atomic mass is 19.1. The van der Waals surface area contributed by atoms with Gasteiger partial charge in [0.25, 0.3) is 0 Å². The molecule has 1 nitrogen and oxygen atoms in total. The second kappa shape index (κ2) is 13.2. The van der Waals surface area contributed by atoms with Crippen molar-refractivity contribution < 1.29 is 4.39 Å². The number of aryl methyl sites for hydroxylation is 2. The first-order valence-electron chi connectivity index (χ1n) is 12.6. The molecule has 170 valence electrons. The molecule has 0 fully saturated rings. The molecule has 0 saturated heterocycles. The molecular formula is C30H38FN. The predicted octanol–water partition coefficient (Wildman–Crippen LogP) is 9.19. The summed E-state index contributed by atoms with van der Waals surface area (Å²) in [5, 5.41) is 0. The quantitative estimate of drug-likeness (QED) is 0.194. The predicted molar refractivity (Wildman–Crippen MR) is 135 cm³/mol. The number of aromatic nitrogens is 1. The number of benzene rings is 2. The summed E-state index contributed by atoms with van der Waals surface area (Å²) in [5.74, 6) is -0.326. The first-order chi connectivity index (χ1) is 15.7. The molecule has 0 spiro atoms. The van der Waals surface area contributed by atoms with Crippen molar-refractivity contribution in [2.24, 2.45) is 0 Å². The summed E-state index contributed by atoms with van der Waals surface area (Å²) in [7, 11) is 0. The van der Waals surface area contributed by atoms with Crippen LogP contribution < -0.4 is 0 Å². The molecule has 0 aliphatic heterocycles. The van der Waals surface area contributed by atoms with Crippen LogP contribution in [0.5, 0.6) is 0 Å². The van der Waals surface area contributed by atoms with Crippen molar-refractivity contribution in [3.63, 3.8) is 0 Å². The molecule has 2 heteroatoms. The molecule has 0 radical (unpaired) electrons. The molecule has 3 rings (SSSR count). The van der Waals surface area contributed by atoms with Gasteiger partial charge in [0, 0.05) is 11.1 Å². The van der Waals surface area contributed by atoms with E-state index in [0.717, 1.165) is 36.8 Å². The maximum Gasteiger partial charge on any atom is 0.216 e. The highest BCUT2D eigenvalue weighted by Crippen LogP contribution is 2.25. The van der Waals surface area contributed by atoms with Crippen molar-refractivity contribution in [3.8, 4) is 22.4 Å². The number of halogens is 1. The third kappa shape index (κ3) is 7.29. The van der Waals surface area contributed by atoms with Gasteiger partial charge in [0.05, 0.1) is 5.69 Å². The Hall–Kier alpha value is -2.48. The third-order valence-corrected chi connectivity index (χ3v) is 6.26. The second-order valence-corrected chi connectivity index (χ2v) is 8.90. The molecule has 1 heterocycles. The number of pyridine rings is 1. The molecule has 0 atom stereocenters. The van der Waals surface area contributed by atoms with Gasteiger partial charge in [-0.05, 0) is 48.4 Å². The lowest BCUT2D eigenvalue weighted by atomic mass is 9.99. The SMILES string of the molecule is CCCCCCCc1ccc(-c2ccc(-c3ccc(CCCCCC)c(F)n3)cc2)cc1. The van der Waals surface area contributed by atoms with Crippen LogP contribution in [0.3, 0.4) is 0 Å². The summed E-state index contributed by atoms with van der Waals surface area (Å²) < 4.78 is 14.5. The van der Waals surface area contributed by atoms with E-state index in [1.165, 1.54) is 61.6 Å². The zero-order valence-corrected chi connectivity index (χ0v) is 19.9. The van der Waals surface area contributed by atoms with Crippen molar-refractivity contribution in [1.82, 2.24) is 4.98 Å². The van der Waals surface area contributed by atoms with Crippen LogP contribution in [0.15, 0.2) is 60.7 Å². The summed E-state index contributed by atoms with van der Waals surface area (Å²) in [4.78, 5) is 4.24. The monoisotopic (exact) mass is 431 g/mol. The van der Waals surface area contributed by atoms with Gasteiger partial charge in [0.2, 0.25) is 5.95 Å². The van der Waals surface area contributed by atoms with E-state index in [9.17, 15) is 4.39 Å². The maximum absolute atomic E-state index is 14.5. The van der Waals surface area contributed by atoms with Gasteiger partial charge >= 0.3 is 0 Å². The minimum Gasteiger partial charge on any atom is -0.219 e. The van der Waals surface area contributed by atoms with Crippen LogP contribution in [-0.2, 0) is 12.8 Å². The average Bonchev–Trinajstić information content (AvgIpc) is 2.83. The normalized spacial score (nSPS) is 11.1. The lowest BCUT2D eigenvalue weighted by Crippen LogP contribution is -1.96. The summed E-state index contributed by atoms with van der Waals surface area (Å²) >= 11 is 0. The minimum absolute atomic E-state index is 0.326. The van der Waals surface area contributed by atoms with Gasteiger partial charge < -0.3 is 0 Å². The largest absolute Gasteiger partial charge is 0.219 e. The van der Waals surface area contributed by atoms with Gasteiger partial charge in [-0.2, -0.15) is 4.39 Å². The van der Waals surface area contributed by atoms with Gasteiger partial charge in [0.1, 0.15) is 0 Å². The molecule has 0 amide bonds. The number of hydrogen-bond acceptors (Lipinski definition) is 1. The topological polar surface area (TPSA) is 12.9 Å². The molecule has 3 aromatic rings. The lowest BCUT2D eigenvalue weighted by molar-refractivity contribution is 0.558. The van der Waals surface area contributed by atoms with Crippen LogP contribution >= 0.6 is 0 Å². The Kier molecular flexibility index (Phi) is 9.94. The third-order valence-electron chi connectivity index (χ3n) is 6.26. The summed E-state index contributed by atoms with van der Waals surface area (Å²) in [6, 6.07) is 21.1. The van der Waals surface area contributed by atoms with Gasteiger partial charge in [-0.3, -0.25) is 0 Å². The van der Waals surface area contributed by atoms with Crippen LogP contribution in [0.1, 0.15) is 82.8 Å². The molecule has 1 aromatic heterocycles. The number of rotatable bonds is 13. The van der Waals surface area contributed by atoms with E-state index < -0.39 is 0 Å². The summed E-state index contributed by atoms with van der Waals surface area (Å²) in [6.45, 7) is 4.44. The Balaban J connectivity index is 1.58. The molecule has 32 heavy (non-hydrogen) atoms. The Morgan fingerprint density at radius 3 is 1.72 bits per heavy atom. The molecule has 0 aliphatic carbocycles. The van der Waals surface area contributed by atoms with E-state index in [4.69, 9.17) is 0 Å². The van der Waals surface area contributed by atoms with E-state index in [0.29, 0.717) is 5.69 Å². The standard InChI is InChI=1S/C30H38FN/c1-3-5-7-9-10-12-24-14-16-25(17-15-24)26-18-20-27(21-19-26)29-23-22-28(30(31)32-29)13-11-8-6-4-2/h14-23H,3-13H2,1-2H3. The van der Waals surface area contributed by atoms with Gasteiger partial charge in [0.15, 0.2) is 0 Å². The van der Waals surface area contributed by atoms with Crippen LogP contribution in [0.25, 0.3) is 22.4 Å². The molecule has 0 N–H and O–H groups in total. The highest BCUT2D eigenvalue weighted by Gasteiger charge is 2.08. The van der Waals surface area contributed by atoms with Crippen molar-refractivity contribution in [2.75, 3.05) is 0 Å². The zero-order valence-electron chi connectivity index (χ0n) is 19.9. The number of nitrogens with zero attached hydrogens (tertiary/aromatic N) is 1. The van der Waals surface area contributed by atoms with E-state index in [-0.39, 0.29) is 5.95 Å². The Morgan fingerprint density at radius 2 is 1.09 bits per heavy atom. The van der Waals surface area contributed by atoms with Crippen LogP contribution in [0.4, 0.5) is 4.39 Å². The maximum atomic E-state index is 14.5. The molecule has 0 aliphatic rings.